The quantitative estimate of drug-likeness (QED) is 0.817. The van der Waals surface area contributed by atoms with E-state index in [4.69, 9.17) is 9.16 Å². The lowest BCUT2D eigenvalue weighted by Crippen LogP contribution is -2.67. The summed E-state index contributed by atoms with van der Waals surface area (Å²) >= 11 is 1.62. The molecule has 1 saturated heterocycles. The summed E-state index contributed by atoms with van der Waals surface area (Å²) in [5.41, 5.74) is -0.114. The Morgan fingerprint density at radius 1 is 1.04 bits per heavy atom. The minimum atomic E-state index is -2.51. The lowest BCUT2D eigenvalue weighted by Gasteiger charge is -2.43. The number of aliphatic hydroxyl groups is 1. The van der Waals surface area contributed by atoms with Crippen LogP contribution in [0.4, 0.5) is 0 Å². The summed E-state index contributed by atoms with van der Waals surface area (Å²) in [4.78, 5) is 0. The van der Waals surface area contributed by atoms with Crippen LogP contribution in [0.2, 0.25) is 5.04 Å². The Morgan fingerprint density at radius 2 is 1.56 bits per heavy atom. The number of ether oxygens (including phenoxy) is 1. The van der Waals surface area contributed by atoms with Crippen molar-refractivity contribution in [3.63, 3.8) is 0 Å². The highest BCUT2D eigenvalue weighted by atomic mass is 32.2. The summed E-state index contributed by atoms with van der Waals surface area (Å²) in [5.74, 6) is 0.606. The van der Waals surface area contributed by atoms with Crippen LogP contribution in [0.15, 0.2) is 60.7 Å². The fraction of sp³-hybridized carbons (Fsp3) is 0.400. The van der Waals surface area contributed by atoms with Crippen LogP contribution in [0.25, 0.3) is 0 Å². The molecule has 2 unspecified atom stereocenters. The molecule has 0 radical (unpaired) electrons. The van der Waals surface area contributed by atoms with Crippen LogP contribution >= 0.6 is 11.8 Å². The summed E-state index contributed by atoms with van der Waals surface area (Å²) in [5, 5.41) is 12.1. The zero-order valence-electron chi connectivity index (χ0n) is 15.0. The molecule has 134 valence electrons. The lowest BCUT2D eigenvalue weighted by atomic mass is 10.2. The molecule has 1 aliphatic rings. The predicted octanol–water partition coefficient (Wildman–Crippen LogP) is 2.97. The maximum absolute atomic E-state index is 9.64. The van der Waals surface area contributed by atoms with Gasteiger partial charge < -0.3 is 14.3 Å². The van der Waals surface area contributed by atoms with Gasteiger partial charge in [0.25, 0.3) is 8.32 Å². The highest BCUT2D eigenvalue weighted by Crippen LogP contribution is 2.37. The number of aliphatic hydroxyl groups excluding tert-OH is 1. The van der Waals surface area contributed by atoms with E-state index in [1.54, 1.807) is 11.8 Å². The molecule has 0 saturated carbocycles. The zero-order chi connectivity index (χ0) is 17.9. The molecule has 5 heteroatoms. The van der Waals surface area contributed by atoms with E-state index >= 15 is 0 Å². The third-order valence-electron chi connectivity index (χ3n) is 4.59. The van der Waals surface area contributed by atoms with Crippen LogP contribution in [0, 0.1) is 0 Å². The van der Waals surface area contributed by atoms with Crippen molar-refractivity contribution in [2.45, 2.75) is 37.5 Å². The molecule has 0 aromatic heterocycles. The molecule has 2 aromatic rings. The summed E-state index contributed by atoms with van der Waals surface area (Å²) < 4.78 is 12.3. The van der Waals surface area contributed by atoms with E-state index in [0.29, 0.717) is 12.4 Å². The molecule has 1 heterocycles. The van der Waals surface area contributed by atoms with Crippen molar-refractivity contribution in [3.05, 3.63) is 60.7 Å². The predicted molar refractivity (Wildman–Crippen MR) is 107 cm³/mol. The molecule has 1 aliphatic heterocycles. The molecular formula is C20H26O3SSi. The third kappa shape index (κ3) is 3.86. The maximum Gasteiger partial charge on any atom is 0.261 e. The largest absolute Gasteiger partial charge is 0.404 e. The summed E-state index contributed by atoms with van der Waals surface area (Å²) in [6.07, 6.45) is -0.683. The number of thioether (sulfide) groups is 1. The molecule has 0 bridgehead atoms. The van der Waals surface area contributed by atoms with Gasteiger partial charge in [0.15, 0.2) is 6.29 Å². The van der Waals surface area contributed by atoms with Gasteiger partial charge in [0.2, 0.25) is 0 Å². The average molecular weight is 375 g/mol. The van der Waals surface area contributed by atoms with Crippen molar-refractivity contribution >= 4 is 30.5 Å². The molecule has 25 heavy (non-hydrogen) atoms. The molecule has 2 atom stereocenters. The van der Waals surface area contributed by atoms with E-state index in [2.05, 4.69) is 69.3 Å². The van der Waals surface area contributed by atoms with E-state index in [1.165, 1.54) is 10.4 Å². The fourth-order valence-corrected chi connectivity index (χ4v) is 8.99. The first kappa shape index (κ1) is 18.7. The molecule has 0 spiro atoms. The second kappa shape index (κ2) is 7.64. The monoisotopic (exact) mass is 374 g/mol. The van der Waals surface area contributed by atoms with Gasteiger partial charge in [0, 0.05) is 5.75 Å². The minimum Gasteiger partial charge on any atom is -0.404 e. The van der Waals surface area contributed by atoms with Gasteiger partial charge in [-0.25, -0.2) is 0 Å². The summed E-state index contributed by atoms with van der Waals surface area (Å²) in [7, 11) is -2.51. The fourth-order valence-electron chi connectivity index (χ4n) is 3.49. The lowest BCUT2D eigenvalue weighted by molar-refractivity contribution is -0.0884. The second-order valence-corrected chi connectivity index (χ2v) is 12.8. The van der Waals surface area contributed by atoms with Crippen LogP contribution in [-0.4, -0.2) is 37.5 Å². The molecular weight excluding hydrogens is 348 g/mol. The van der Waals surface area contributed by atoms with Crippen molar-refractivity contribution in [1.82, 2.24) is 0 Å². The summed E-state index contributed by atoms with van der Waals surface area (Å²) in [6, 6.07) is 21.2. The smallest absolute Gasteiger partial charge is 0.261 e. The van der Waals surface area contributed by atoms with E-state index in [0.717, 1.165) is 0 Å². The molecule has 1 N–H and O–H groups in total. The van der Waals surface area contributed by atoms with Crippen LogP contribution in [0.3, 0.4) is 0 Å². The van der Waals surface area contributed by atoms with Crippen LogP contribution in [0.5, 0.6) is 0 Å². The molecule has 0 amide bonds. The normalized spacial score (nSPS) is 21.4. The van der Waals surface area contributed by atoms with Gasteiger partial charge in [-0.3, -0.25) is 0 Å². The van der Waals surface area contributed by atoms with Crippen LogP contribution in [0.1, 0.15) is 20.8 Å². The van der Waals surface area contributed by atoms with Gasteiger partial charge >= 0.3 is 0 Å². The number of benzene rings is 2. The average Bonchev–Trinajstić information content (AvgIpc) is 3.02. The van der Waals surface area contributed by atoms with Crippen molar-refractivity contribution in [1.29, 1.82) is 0 Å². The van der Waals surface area contributed by atoms with E-state index in [-0.39, 0.29) is 10.5 Å². The Bertz CT molecular complexity index is 633. The van der Waals surface area contributed by atoms with Gasteiger partial charge in [0.1, 0.15) is 5.44 Å². The standard InChI is InChI=1S/C20H26O3SSi/c1-20(2,3)25(16-10-6-4-7-11-16,17-12-8-5-9-13-17)22-14-19-23-18(21)15-24-19/h4-13,18-19,21H,14-15H2,1-3H3. The van der Waals surface area contributed by atoms with Gasteiger partial charge in [-0.05, 0) is 15.4 Å². The van der Waals surface area contributed by atoms with Gasteiger partial charge in [-0.1, -0.05) is 81.4 Å². The maximum atomic E-state index is 9.64. The van der Waals surface area contributed by atoms with Gasteiger partial charge in [-0.15, -0.1) is 11.8 Å². The van der Waals surface area contributed by atoms with E-state index < -0.39 is 14.6 Å². The molecule has 3 nitrogen and oxygen atoms in total. The van der Waals surface area contributed by atoms with Crippen molar-refractivity contribution in [2.24, 2.45) is 0 Å². The Labute approximate surface area is 155 Å². The molecule has 0 aliphatic carbocycles. The zero-order valence-corrected chi connectivity index (χ0v) is 16.8. The first-order valence-electron chi connectivity index (χ1n) is 8.63. The number of rotatable bonds is 5. The van der Waals surface area contributed by atoms with Crippen molar-refractivity contribution in [2.75, 3.05) is 12.4 Å². The van der Waals surface area contributed by atoms with Crippen LogP contribution in [-0.2, 0) is 9.16 Å². The topological polar surface area (TPSA) is 38.7 Å². The highest BCUT2D eigenvalue weighted by Gasteiger charge is 2.50. The third-order valence-corrected chi connectivity index (χ3v) is 10.7. The minimum absolute atomic E-state index is 0.0441. The first-order valence-corrected chi connectivity index (χ1v) is 11.6. The first-order chi connectivity index (χ1) is 11.9. The van der Waals surface area contributed by atoms with Crippen LogP contribution < -0.4 is 10.4 Å². The Kier molecular flexibility index (Phi) is 5.70. The molecule has 1 fully saturated rings. The SMILES string of the molecule is CC(C)(C)[Si](OCC1OC(O)CS1)(c1ccccc1)c1ccccc1. The Hall–Kier alpha value is -1.11. The second-order valence-electron chi connectivity index (χ2n) is 7.33. The molecule has 3 rings (SSSR count). The highest BCUT2D eigenvalue weighted by molar-refractivity contribution is 8.00. The van der Waals surface area contributed by atoms with Gasteiger partial charge in [-0.2, -0.15) is 0 Å². The van der Waals surface area contributed by atoms with Crippen molar-refractivity contribution in [3.8, 4) is 0 Å². The Balaban J connectivity index is 2.02. The number of hydrogen-bond acceptors (Lipinski definition) is 4. The van der Waals surface area contributed by atoms with E-state index in [9.17, 15) is 5.11 Å². The number of hydrogen-bond donors (Lipinski definition) is 1. The summed E-state index contributed by atoms with van der Waals surface area (Å²) in [6.45, 7) is 7.26. The molecule has 2 aromatic carbocycles. The van der Waals surface area contributed by atoms with E-state index in [1.807, 2.05) is 12.1 Å². The van der Waals surface area contributed by atoms with Crippen molar-refractivity contribution < 1.29 is 14.3 Å². The Morgan fingerprint density at radius 3 is 1.96 bits per heavy atom. The van der Waals surface area contributed by atoms with Gasteiger partial charge in [0.05, 0.1) is 6.61 Å².